The molecule has 1 unspecified atom stereocenters. The molecule has 1 fully saturated rings. The average Bonchev–Trinajstić information content (AvgIpc) is 3.55. The summed E-state index contributed by atoms with van der Waals surface area (Å²) in [6, 6.07) is 13.4. The van der Waals surface area contributed by atoms with Crippen LogP contribution in [-0.4, -0.2) is 67.3 Å². The van der Waals surface area contributed by atoms with Gasteiger partial charge in [-0.2, -0.15) is 4.72 Å². The van der Waals surface area contributed by atoms with E-state index in [4.69, 9.17) is 9.47 Å². The van der Waals surface area contributed by atoms with E-state index in [1.54, 1.807) is 24.5 Å². The molecule has 242 valence electrons. The van der Waals surface area contributed by atoms with Crippen LogP contribution in [0, 0.1) is 11.8 Å². The van der Waals surface area contributed by atoms with Gasteiger partial charge in [0.2, 0.25) is 15.9 Å². The van der Waals surface area contributed by atoms with Gasteiger partial charge in [-0.05, 0) is 54.7 Å². The average molecular weight is 639 g/mol. The zero-order valence-electron chi connectivity index (χ0n) is 25.7. The van der Waals surface area contributed by atoms with Crippen LogP contribution in [0.15, 0.2) is 65.8 Å². The summed E-state index contributed by atoms with van der Waals surface area (Å²) in [5.41, 5.74) is 2.31. The largest absolute Gasteiger partial charge is 0.510 e. The van der Waals surface area contributed by atoms with Crippen molar-refractivity contribution in [3.8, 4) is 0 Å². The van der Waals surface area contributed by atoms with Crippen LogP contribution in [-0.2, 0) is 37.3 Å². The number of ether oxygens (including phenoxy) is 2. The lowest BCUT2D eigenvalue weighted by Gasteiger charge is -2.39. The number of rotatable bonds is 12. The third-order valence-electron chi connectivity index (χ3n) is 8.18. The van der Waals surface area contributed by atoms with Crippen LogP contribution in [0.5, 0.6) is 0 Å². The summed E-state index contributed by atoms with van der Waals surface area (Å²) in [7, 11) is -4.10. The van der Waals surface area contributed by atoms with Crippen LogP contribution in [0.4, 0.5) is 16.4 Å². The first-order valence-electron chi connectivity index (χ1n) is 15.5. The van der Waals surface area contributed by atoms with Crippen molar-refractivity contribution in [2.75, 3.05) is 30.3 Å². The summed E-state index contributed by atoms with van der Waals surface area (Å²) < 4.78 is 41.5. The first-order valence-corrected chi connectivity index (χ1v) is 17.0. The zero-order valence-corrected chi connectivity index (χ0v) is 26.5. The van der Waals surface area contributed by atoms with Gasteiger partial charge in [0.15, 0.2) is 12.2 Å². The summed E-state index contributed by atoms with van der Waals surface area (Å²) in [5.74, 6) is 0.702. The van der Waals surface area contributed by atoms with Gasteiger partial charge in [0.25, 0.3) is 0 Å². The van der Waals surface area contributed by atoms with Gasteiger partial charge in [-0.15, -0.1) is 0 Å². The monoisotopic (exact) mass is 638 g/mol. The molecule has 4 N–H and O–H groups in total. The van der Waals surface area contributed by atoms with Crippen molar-refractivity contribution in [3.05, 3.63) is 72.1 Å². The zero-order chi connectivity index (χ0) is 31.8. The fourth-order valence-electron chi connectivity index (χ4n) is 5.77. The SMILES string of the molecule is CC1CNc2c(cccc2S(=O)(=O)N[C@@H](CCCNc2ncc[nH]2)C(=O)N2CC[C@@H](C)C[C@H]2OC(=O)OCc2ccccc2)C1. The predicted molar refractivity (Wildman–Crippen MR) is 170 cm³/mol. The fraction of sp³-hybridized carbons (Fsp3) is 0.469. The lowest BCUT2D eigenvalue weighted by Crippen LogP contribution is -2.55. The maximum absolute atomic E-state index is 14.2. The van der Waals surface area contributed by atoms with Crippen molar-refractivity contribution in [1.29, 1.82) is 0 Å². The normalized spacial score (nSPS) is 20.4. The van der Waals surface area contributed by atoms with Gasteiger partial charge in [0, 0.05) is 38.4 Å². The van der Waals surface area contributed by atoms with Gasteiger partial charge >= 0.3 is 6.16 Å². The standard InChI is InChI=1S/C32H42N6O6S/c1-22-13-17-38(28(19-22)44-32(40)43-21-24-8-4-3-5-9-24)30(39)26(11-7-14-33-31-34-15-16-35-31)37-45(41,42)27-12-6-10-25-18-23(2)20-36-29(25)27/h3-6,8-10,12,15-16,22-23,26,28,36-37H,7,11,13-14,17-21H2,1-2H3,(H2,33,34,35)/t22-,23?,26+,28-/m1/s1. The number of piperidine rings is 1. The van der Waals surface area contributed by atoms with Crippen LogP contribution >= 0.6 is 0 Å². The second kappa shape index (κ2) is 14.8. The molecule has 0 aliphatic carbocycles. The van der Waals surface area contributed by atoms with Crippen molar-refractivity contribution in [2.45, 2.75) is 69.7 Å². The number of nitrogens with one attached hydrogen (secondary N) is 4. The molecule has 2 aliphatic heterocycles. The number of aromatic nitrogens is 2. The number of para-hydroxylation sites is 1. The molecule has 3 heterocycles. The first-order chi connectivity index (χ1) is 21.7. The Morgan fingerprint density at radius 2 is 1.93 bits per heavy atom. The van der Waals surface area contributed by atoms with E-state index in [0.717, 1.165) is 17.5 Å². The molecule has 4 atom stereocenters. The van der Waals surface area contributed by atoms with Gasteiger partial charge in [0.05, 0.1) is 5.69 Å². The number of carbonyl (C=O) groups excluding carboxylic acids is 2. The number of nitrogens with zero attached hydrogens (tertiary/aromatic N) is 2. The second-order valence-corrected chi connectivity index (χ2v) is 13.6. The Balaban J connectivity index is 1.32. The van der Waals surface area contributed by atoms with Crippen molar-refractivity contribution >= 4 is 33.7 Å². The summed E-state index contributed by atoms with van der Waals surface area (Å²) in [6.07, 6.45) is 4.11. The van der Waals surface area contributed by atoms with Crippen LogP contribution in [0.2, 0.25) is 0 Å². The number of imidazole rings is 1. The Morgan fingerprint density at radius 3 is 2.71 bits per heavy atom. The number of fused-ring (bicyclic) bond motifs is 1. The smallest absolute Gasteiger partial charge is 0.429 e. The molecule has 1 saturated heterocycles. The number of anilines is 2. The lowest BCUT2D eigenvalue weighted by molar-refractivity contribution is -0.150. The molecular weight excluding hydrogens is 596 g/mol. The molecule has 45 heavy (non-hydrogen) atoms. The number of H-pyrrole nitrogens is 1. The minimum Gasteiger partial charge on any atom is -0.429 e. The highest BCUT2D eigenvalue weighted by atomic mass is 32.2. The maximum atomic E-state index is 14.2. The number of benzene rings is 2. The van der Waals surface area contributed by atoms with Crippen LogP contribution in [0.25, 0.3) is 0 Å². The van der Waals surface area contributed by atoms with Gasteiger partial charge < -0.3 is 30.0 Å². The van der Waals surface area contributed by atoms with Crippen molar-refractivity contribution in [1.82, 2.24) is 19.6 Å². The van der Waals surface area contributed by atoms with E-state index < -0.39 is 34.4 Å². The highest BCUT2D eigenvalue weighted by Crippen LogP contribution is 2.32. The third-order valence-corrected chi connectivity index (χ3v) is 9.70. The van der Waals surface area contributed by atoms with Gasteiger partial charge in [-0.1, -0.05) is 56.3 Å². The van der Waals surface area contributed by atoms with E-state index in [0.29, 0.717) is 56.5 Å². The Kier molecular flexibility index (Phi) is 10.6. The molecule has 5 rings (SSSR count). The number of sulfonamides is 1. The van der Waals surface area contributed by atoms with Crippen molar-refractivity contribution in [2.24, 2.45) is 11.8 Å². The fourth-order valence-corrected chi connectivity index (χ4v) is 7.22. The molecule has 12 nitrogen and oxygen atoms in total. The molecule has 1 aromatic heterocycles. The van der Waals surface area contributed by atoms with Crippen LogP contribution in [0.3, 0.4) is 0 Å². The Morgan fingerprint density at radius 1 is 1.11 bits per heavy atom. The number of aromatic amines is 1. The van der Waals surface area contributed by atoms with E-state index in [9.17, 15) is 18.0 Å². The Hall–Kier alpha value is -4.10. The third kappa shape index (κ3) is 8.54. The summed E-state index contributed by atoms with van der Waals surface area (Å²) in [5, 5.41) is 6.41. The van der Waals surface area contributed by atoms with E-state index in [2.05, 4.69) is 32.2 Å². The number of hydrogen-bond donors (Lipinski definition) is 4. The lowest BCUT2D eigenvalue weighted by atomic mass is 9.96. The molecule has 2 aromatic carbocycles. The Labute approximate surface area is 264 Å². The molecule has 0 saturated carbocycles. The van der Waals surface area contributed by atoms with Gasteiger partial charge in [-0.3, -0.25) is 4.79 Å². The predicted octanol–water partition coefficient (Wildman–Crippen LogP) is 4.49. The number of carbonyl (C=O) groups is 2. The molecule has 13 heteroatoms. The minimum absolute atomic E-state index is 0.0369. The quantitative estimate of drug-likeness (QED) is 0.166. The van der Waals surface area contributed by atoms with Gasteiger partial charge in [-0.25, -0.2) is 18.2 Å². The molecule has 1 amide bonds. The van der Waals surface area contributed by atoms with E-state index in [1.165, 1.54) is 4.90 Å². The topological polar surface area (TPSA) is 155 Å². The molecule has 0 bridgehead atoms. The molecule has 0 radical (unpaired) electrons. The first kappa shape index (κ1) is 32.3. The second-order valence-electron chi connectivity index (χ2n) is 11.9. The minimum atomic E-state index is -4.10. The van der Waals surface area contributed by atoms with Crippen molar-refractivity contribution < 1.29 is 27.5 Å². The molecule has 2 aliphatic rings. The number of hydrogen-bond acceptors (Lipinski definition) is 9. The van der Waals surface area contributed by atoms with E-state index in [1.807, 2.05) is 43.3 Å². The summed E-state index contributed by atoms with van der Waals surface area (Å²) in [6.45, 7) is 5.61. The van der Waals surface area contributed by atoms with E-state index in [-0.39, 0.29) is 23.8 Å². The highest BCUT2D eigenvalue weighted by molar-refractivity contribution is 7.89. The van der Waals surface area contributed by atoms with Gasteiger partial charge in [0.1, 0.15) is 17.5 Å². The maximum Gasteiger partial charge on any atom is 0.510 e. The molecular formula is C32H42N6O6S. The Bertz CT molecular complexity index is 1530. The summed E-state index contributed by atoms with van der Waals surface area (Å²) >= 11 is 0. The highest BCUT2D eigenvalue weighted by Gasteiger charge is 2.38. The molecule has 3 aromatic rings. The molecule has 0 spiro atoms. The number of likely N-dealkylation sites (tertiary alicyclic amines) is 1. The summed E-state index contributed by atoms with van der Waals surface area (Å²) in [4.78, 5) is 35.6. The van der Waals surface area contributed by atoms with E-state index >= 15 is 0 Å². The van der Waals surface area contributed by atoms with Crippen molar-refractivity contribution in [3.63, 3.8) is 0 Å². The number of amides is 1. The van der Waals surface area contributed by atoms with Crippen LogP contribution < -0.4 is 15.4 Å². The van der Waals surface area contributed by atoms with Crippen LogP contribution in [0.1, 0.15) is 50.7 Å².